The molecule has 1 fully saturated rings. The molecule has 0 saturated carbocycles. The predicted octanol–water partition coefficient (Wildman–Crippen LogP) is 5.05. The molecule has 2 heterocycles. The van der Waals surface area contributed by atoms with Gasteiger partial charge in [0.05, 0.1) is 6.67 Å². The third-order valence-electron chi connectivity index (χ3n) is 7.40. The van der Waals surface area contributed by atoms with Crippen LogP contribution in [0.5, 0.6) is 0 Å². The maximum absolute atomic E-state index is 15.7. The number of hydrogen-bond acceptors (Lipinski definition) is 4. The molecule has 2 aromatic carbocycles. The number of benzene rings is 2. The fraction of sp³-hybridized carbons (Fsp3) is 0.571. The van der Waals surface area contributed by atoms with E-state index in [1.54, 1.807) is 0 Å². The number of nitrogens with zero attached hydrogens (tertiary/aromatic N) is 2. The normalized spacial score (nSPS) is 22.0. The van der Waals surface area contributed by atoms with E-state index in [1.165, 1.54) is 26.0 Å². The molecule has 4 rings (SSSR count). The second-order valence-corrected chi connectivity index (χ2v) is 15.5. The van der Waals surface area contributed by atoms with E-state index in [9.17, 15) is 13.7 Å². The van der Waals surface area contributed by atoms with Crippen molar-refractivity contribution in [3.8, 4) is 0 Å². The van der Waals surface area contributed by atoms with E-state index in [1.807, 2.05) is 43.4 Å². The molecule has 0 aliphatic carbocycles. The molecule has 0 bridgehead atoms. The van der Waals surface area contributed by atoms with Gasteiger partial charge in [0.2, 0.25) is 0 Å². The summed E-state index contributed by atoms with van der Waals surface area (Å²) in [5.74, 6) is -1.35. The molecule has 0 unspecified atom stereocenters. The standard InChI is InChI=1S/C28H40F4N3OP/c1-18-11-19-12-22(37(4,5)36)7-8-23(19)27(35(18)17-28(2,3)32)26-24(30)13-20(14-25(26)31)33-21-15-34(16-21)10-6-9-29/h7-8,12-14,18,21,27,33,36-37H,6,9-11,15-17H2,1-5H3/t18-,27+/m1/s1. The first-order valence-electron chi connectivity index (χ1n) is 13.1. The number of likely N-dealkylation sites (tertiary alicyclic amines) is 1. The van der Waals surface area contributed by atoms with Gasteiger partial charge in [-0.3, -0.25) is 9.29 Å². The second-order valence-electron chi connectivity index (χ2n) is 11.8. The topological polar surface area (TPSA) is 38.7 Å². The molecular weight excluding hydrogens is 501 g/mol. The summed E-state index contributed by atoms with van der Waals surface area (Å²) < 4.78 is 58.7. The summed E-state index contributed by atoms with van der Waals surface area (Å²) in [6, 6.07) is 7.37. The number of nitrogens with one attached hydrogen (secondary N) is 1. The van der Waals surface area contributed by atoms with Crippen molar-refractivity contribution in [2.45, 2.75) is 57.4 Å². The van der Waals surface area contributed by atoms with Gasteiger partial charge in [-0.1, -0.05) is 0 Å². The Morgan fingerprint density at radius 2 is 1.76 bits per heavy atom. The van der Waals surface area contributed by atoms with Gasteiger partial charge in [0.1, 0.15) is 0 Å². The molecule has 2 atom stereocenters. The van der Waals surface area contributed by atoms with E-state index in [-0.39, 0.29) is 30.9 Å². The Bertz CT molecular complexity index is 1090. The predicted molar refractivity (Wildman–Crippen MR) is 146 cm³/mol. The van der Waals surface area contributed by atoms with Gasteiger partial charge in [0.25, 0.3) is 0 Å². The van der Waals surface area contributed by atoms with Crippen molar-refractivity contribution >= 4 is 18.5 Å². The average Bonchev–Trinajstić information content (AvgIpc) is 2.74. The van der Waals surface area contributed by atoms with Crippen LogP contribution in [-0.4, -0.2) is 78.6 Å². The number of alkyl halides is 2. The number of anilines is 1. The van der Waals surface area contributed by atoms with Crippen molar-refractivity contribution in [2.24, 2.45) is 0 Å². The Morgan fingerprint density at radius 3 is 2.32 bits per heavy atom. The van der Waals surface area contributed by atoms with Gasteiger partial charge in [0, 0.05) is 6.54 Å². The van der Waals surface area contributed by atoms with Crippen LogP contribution in [0.2, 0.25) is 0 Å². The molecule has 37 heavy (non-hydrogen) atoms. The molecule has 1 saturated heterocycles. The first kappa shape index (κ1) is 28.3. The van der Waals surface area contributed by atoms with E-state index in [0.29, 0.717) is 38.2 Å². The summed E-state index contributed by atoms with van der Waals surface area (Å²) in [6.45, 7) is 10.3. The molecule has 0 spiro atoms. The van der Waals surface area contributed by atoms with Crippen LogP contribution in [-0.2, 0) is 6.42 Å². The minimum atomic E-state index is -2.58. The van der Waals surface area contributed by atoms with Gasteiger partial charge < -0.3 is 0 Å². The molecule has 2 aromatic rings. The molecule has 0 radical (unpaired) electrons. The Morgan fingerprint density at radius 1 is 1.11 bits per heavy atom. The van der Waals surface area contributed by atoms with Crippen LogP contribution in [0, 0.1) is 11.6 Å². The van der Waals surface area contributed by atoms with Crippen LogP contribution in [0.4, 0.5) is 23.2 Å². The van der Waals surface area contributed by atoms with Crippen LogP contribution in [0.3, 0.4) is 0 Å². The third-order valence-corrected chi connectivity index (χ3v) is 9.13. The molecule has 206 valence electrons. The van der Waals surface area contributed by atoms with Crippen LogP contribution in [0.15, 0.2) is 30.3 Å². The monoisotopic (exact) mass is 541 g/mol. The van der Waals surface area contributed by atoms with Gasteiger partial charge >= 0.3 is 189 Å². The quantitative estimate of drug-likeness (QED) is 0.345. The van der Waals surface area contributed by atoms with Gasteiger partial charge in [-0.15, -0.1) is 0 Å². The Hall–Kier alpha value is -1.73. The number of hydrogen-bond donors (Lipinski definition) is 2. The van der Waals surface area contributed by atoms with E-state index in [0.717, 1.165) is 16.4 Å². The second kappa shape index (κ2) is 10.8. The maximum atomic E-state index is 15.7. The van der Waals surface area contributed by atoms with Crippen LogP contribution in [0.1, 0.15) is 49.9 Å². The van der Waals surface area contributed by atoms with Crippen molar-refractivity contribution in [1.82, 2.24) is 9.80 Å². The van der Waals surface area contributed by atoms with Crippen LogP contribution < -0.4 is 10.6 Å². The number of fused-ring (bicyclic) bond motifs is 1. The van der Waals surface area contributed by atoms with Gasteiger partial charge in [-0.05, 0) is 6.42 Å². The molecule has 0 aromatic heterocycles. The van der Waals surface area contributed by atoms with Crippen molar-refractivity contribution < 1.29 is 22.5 Å². The zero-order chi connectivity index (χ0) is 27.1. The summed E-state index contributed by atoms with van der Waals surface area (Å²) in [6.07, 6.45) is 1.08. The zero-order valence-electron chi connectivity index (χ0n) is 22.4. The molecular formula is C28H40F4N3OP. The SMILES string of the molecule is C[C@@H]1Cc2cc([PH](C)(C)O)ccc2[C@@H](c2c(F)cc(NC3CN(CCCF)C3)cc2F)N1CC(C)(C)F. The Kier molecular flexibility index (Phi) is 8.25. The molecule has 2 aliphatic heterocycles. The summed E-state index contributed by atoms with van der Waals surface area (Å²) in [7, 11) is -2.58. The summed E-state index contributed by atoms with van der Waals surface area (Å²) in [5.41, 5.74) is 0.385. The van der Waals surface area contributed by atoms with E-state index < -0.39 is 30.8 Å². The average molecular weight is 542 g/mol. The summed E-state index contributed by atoms with van der Waals surface area (Å²) in [5, 5.41) is 4.05. The van der Waals surface area contributed by atoms with Crippen molar-refractivity contribution in [2.75, 3.05) is 51.5 Å². The summed E-state index contributed by atoms with van der Waals surface area (Å²) >= 11 is 0. The van der Waals surface area contributed by atoms with Gasteiger partial charge in [-0.2, -0.15) is 0 Å². The minimum absolute atomic E-state index is 0.0237. The molecule has 2 N–H and O–H groups in total. The Balaban J connectivity index is 1.68. The Labute approximate surface area is 218 Å². The molecule has 9 heteroatoms. The number of halogens is 4. The van der Waals surface area contributed by atoms with E-state index >= 15 is 8.78 Å². The van der Waals surface area contributed by atoms with Gasteiger partial charge in [-0.25, -0.2) is 0 Å². The molecule has 2 aliphatic rings. The third kappa shape index (κ3) is 6.47. The van der Waals surface area contributed by atoms with Crippen LogP contribution in [0.25, 0.3) is 0 Å². The first-order valence-corrected chi connectivity index (χ1v) is 16.1. The zero-order valence-corrected chi connectivity index (χ0v) is 23.4. The fourth-order valence-electron chi connectivity index (χ4n) is 5.59. The fourth-order valence-corrected chi connectivity index (χ4v) is 6.61. The molecule has 4 nitrogen and oxygen atoms in total. The van der Waals surface area contributed by atoms with Crippen LogP contribution >= 0.6 is 7.49 Å². The molecule has 0 amide bonds. The van der Waals surface area contributed by atoms with E-state index in [4.69, 9.17) is 0 Å². The van der Waals surface area contributed by atoms with E-state index in [2.05, 4.69) is 10.2 Å². The number of rotatable bonds is 9. The van der Waals surface area contributed by atoms with Crippen molar-refractivity contribution in [1.29, 1.82) is 0 Å². The summed E-state index contributed by atoms with van der Waals surface area (Å²) in [4.78, 5) is 14.6. The first-order chi connectivity index (χ1) is 17.3. The van der Waals surface area contributed by atoms with Gasteiger partial charge in [0.15, 0.2) is 0 Å². The van der Waals surface area contributed by atoms with Crippen molar-refractivity contribution in [3.05, 3.63) is 58.7 Å². The van der Waals surface area contributed by atoms with Crippen molar-refractivity contribution in [3.63, 3.8) is 0 Å².